The minimum absolute atomic E-state index is 0.258. The van der Waals surface area contributed by atoms with E-state index in [-0.39, 0.29) is 11.4 Å². The van der Waals surface area contributed by atoms with Crippen LogP contribution in [0.1, 0.15) is 21.5 Å². The summed E-state index contributed by atoms with van der Waals surface area (Å²) in [4.78, 5) is 17.0. The lowest BCUT2D eigenvalue weighted by Gasteiger charge is -2.28. The summed E-state index contributed by atoms with van der Waals surface area (Å²) in [5, 5.41) is 12.1. The summed E-state index contributed by atoms with van der Waals surface area (Å²) in [5.41, 5.74) is 1.98. The third-order valence-corrected chi connectivity index (χ3v) is 4.05. The molecule has 1 fully saturated rings. The molecule has 0 aliphatic carbocycles. The Morgan fingerprint density at radius 3 is 2.52 bits per heavy atom. The van der Waals surface area contributed by atoms with Crippen LogP contribution < -0.4 is 10.2 Å². The number of hydrogen-bond donors (Lipinski definition) is 2. The van der Waals surface area contributed by atoms with E-state index in [1.807, 2.05) is 4.90 Å². The maximum Gasteiger partial charge on any atom is 0.335 e. The van der Waals surface area contributed by atoms with Gasteiger partial charge in [-0.25, -0.2) is 14.2 Å². The number of ether oxygens (including phenoxy) is 1. The van der Waals surface area contributed by atoms with Gasteiger partial charge >= 0.3 is 5.97 Å². The molecule has 1 saturated heterocycles. The third kappa shape index (κ3) is 4.52. The molecule has 1 aliphatic rings. The predicted molar refractivity (Wildman–Crippen MR) is 91.2 cm³/mol. The predicted octanol–water partition coefficient (Wildman–Crippen LogP) is 2.05. The van der Waals surface area contributed by atoms with Gasteiger partial charge in [0.25, 0.3) is 0 Å². The molecule has 132 valence electrons. The van der Waals surface area contributed by atoms with Crippen LogP contribution >= 0.6 is 0 Å². The van der Waals surface area contributed by atoms with E-state index in [9.17, 15) is 9.18 Å². The Labute approximate surface area is 145 Å². The first-order valence-electron chi connectivity index (χ1n) is 8.13. The Hall–Kier alpha value is -2.51. The molecule has 0 amide bonds. The Bertz CT molecular complexity index is 731. The number of carbonyl (C=O) groups is 1. The first kappa shape index (κ1) is 17.3. The number of aromatic nitrogens is 1. The topological polar surface area (TPSA) is 74.7 Å². The average molecular weight is 345 g/mol. The van der Waals surface area contributed by atoms with Crippen LogP contribution in [0.3, 0.4) is 0 Å². The highest BCUT2D eigenvalue weighted by Crippen LogP contribution is 2.18. The van der Waals surface area contributed by atoms with Gasteiger partial charge in [-0.2, -0.15) is 0 Å². The highest BCUT2D eigenvalue weighted by Gasteiger charge is 2.16. The summed E-state index contributed by atoms with van der Waals surface area (Å²) < 4.78 is 19.5. The number of hydrogen-bond acceptors (Lipinski definition) is 5. The largest absolute Gasteiger partial charge is 0.478 e. The molecule has 0 saturated carbocycles. The Kier molecular flexibility index (Phi) is 5.57. The number of rotatable bonds is 6. The van der Waals surface area contributed by atoms with E-state index >= 15 is 0 Å². The van der Waals surface area contributed by atoms with E-state index in [2.05, 4.69) is 10.3 Å². The van der Waals surface area contributed by atoms with E-state index in [1.165, 1.54) is 6.07 Å². The fourth-order valence-corrected chi connectivity index (χ4v) is 2.69. The number of nitrogens with one attached hydrogen (secondary N) is 1. The fourth-order valence-electron chi connectivity index (χ4n) is 2.69. The molecule has 2 N–H and O–H groups in total. The van der Waals surface area contributed by atoms with E-state index in [0.29, 0.717) is 45.2 Å². The second-order valence-electron chi connectivity index (χ2n) is 5.85. The van der Waals surface area contributed by atoms with E-state index in [0.717, 1.165) is 11.1 Å². The van der Waals surface area contributed by atoms with Gasteiger partial charge < -0.3 is 20.1 Å². The Balaban J connectivity index is 1.54. The van der Waals surface area contributed by atoms with Crippen LogP contribution in [0.2, 0.25) is 0 Å². The maximum absolute atomic E-state index is 14.3. The molecule has 0 radical (unpaired) electrons. The number of anilines is 1. The monoisotopic (exact) mass is 345 g/mol. The molecule has 0 unspecified atom stereocenters. The van der Waals surface area contributed by atoms with E-state index in [1.54, 1.807) is 30.5 Å². The molecule has 2 heterocycles. The number of benzene rings is 1. The molecule has 1 aliphatic heterocycles. The number of halogens is 1. The van der Waals surface area contributed by atoms with Gasteiger partial charge in [-0.15, -0.1) is 0 Å². The summed E-state index contributed by atoms with van der Waals surface area (Å²) in [6.45, 7) is 3.51. The minimum atomic E-state index is -0.943. The number of pyridine rings is 1. The van der Waals surface area contributed by atoms with Crippen molar-refractivity contribution < 1.29 is 19.0 Å². The van der Waals surface area contributed by atoms with Crippen molar-refractivity contribution in [2.45, 2.75) is 13.1 Å². The summed E-state index contributed by atoms with van der Waals surface area (Å²) in [6.07, 6.45) is 1.68. The van der Waals surface area contributed by atoms with Crippen molar-refractivity contribution in [3.63, 3.8) is 0 Å². The van der Waals surface area contributed by atoms with Gasteiger partial charge in [0.2, 0.25) is 0 Å². The second-order valence-corrected chi connectivity index (χ2v) is 5.85. The van der Waals surface area contributed by atoms with Crippen molar-refractivity contribution in [3.05, 3.63) is 59.0 Å². The molecule has 1 aromatic carbocycles. The minimum Gasteiger partial charge on any atom is -0.478 e. The molecule has 0 atom stereocenters. The Morgan fingerprint density at radius 2 is 1.88 bits per heavy atom. The normalized spacial score (nSPS) is 14.5. The maximum atomic E-state index is 14.3. The van der Waals surface area contributed by atoms with Crippen LogP contribution in [0, 0.1) is 5.82 Å². The number of nitrogens with zero attached hydrogens (tertiary/aromatic N) is 2. The lowest BCUT2D eigenvalue weighted by molar-refractivity contribution is 0.0697. The van der Waals surface area contributed by atoms with Crippen LogP contribution in [-0.4, -0.2) is 42.4 Å². The lowest BCUT2D eigenvalue weighted by Crippen LogP contribution is -2.37. The number of carboxylic acids is 1. The molecule has 6 nitrogen and oxygen atoms in total. The first-order chi connectivity index (χ1) is 12.1. The van der Waals surface area contributed by atoms with Gasteiger partial charge in [-0.3, -0.25) is 0 Å². The fraction of sp³-hybridized carbons (Fsp3) is 0.333. The second kappa shape index (κ2) is 8.04. The van der Waals surface area contributed by atoms with Gasteiger partial charge in [-0.1, -0.05) is 12.1 Å². The average Bonchev–Trinajstić information content (AvgIpc) is 2.63. The molecule has 3 rings (SSSR count). The SMILES string of the molecule is O=C(O)c1ccc(CNCc2cnc(N3CCOCC3)c(F)c2)cc1. The van der Waals surface area contributed by atoms with Crippen LogP contribution in [0.4, 0.5) is 10.2 Å². The molecule has 0 bridgehead atoms. The van der Waals surface area contributed by atoms with Crippen molar-refractivity contribution in [1.82, 2.24) is 10.3 Å². The van der Waals surface area contributed by atoms with E-state index < -0.39 is 5.97 Å². The summed E-state index contributed by atoms with van der Waals surface area (Å²) in [6, 6.07) is 8.15. The quantitative estimate of drug-likeness (QED) is 0.835. The van der Waals surface area contributed by atoms with Gasteiger partial charge in [0, 0.05) is 32.4 Å². The van der Waals surface area contributed by atoms with Gasteiger partial charge in [0.15, 0.2) is 11.6 Å². The molecule has 2 aromatic rings. The van der Waals surface area contributed by atoms with Gasteiger partial charge in [-0.05, 0) is 29.3 Å². The van der Waals surface area contributed by atoms with Crippen molar-refractivity contribution in [2.24, 2.45) is 0 Å². The number of morpholine rings is 1. The molecular formula is C18H20FN3O3. The number of carboxylic acid groups (broad SMARTS) is 1. The molecule has 25 heavy (non-hydrogen) atoms. The molecule has 1 aromatic heterocycles. The van der Waals surface area contributed by atoms with Crippen LogP contribution in [0.25, 0.3) is 0 Å². The highest BCUT2D eigenvalue weighted by molar-refractivity contribution is 5.87. The van der Waals surface area contributed by atoms with Gasteiger partial charge in [0.1, 0.15) is 0 Å². The summed E-state index contributed by atoms with van der Waals surface area (Å²) >= 11 is 0. The van der Waals surface area contributed by atoms with Crippen LogP contribution in [0.5, 0.6) is 0 Å². The standard InChI is InChI=1S/C18H20FN3O3/c19-16-9-14(12-21-17(16)22-5-7-25-8-6-22)11-20-10-13-1-3-15(4-2-13)18(23)24/h1-4,9,12,20H,5-8,10-11H2,(H,23,24). The number of aromatic carboxylic acids is 1. The summed E-state index contributed by atoms with van der Waals surface area (Å²) in [5.74, 6) is -0.898. The van der Waals surface area contributed by atoms with Crippen molar-refractivity contribution in [3.8, 4) is 0 Å². The van der Waals surface area contributed by atoms with Crippen LogP contribution in [0.15, 0.2) is 36.5 Å². The lowest BCUT2D eigenvalue weighted by atomic mass is 10.1. The van der Waals surface area contributed by atoms with Crippen molar-refractivity contribution >= 4 is 11.8 Å². The van der Waals surface area contributed by atoms with E-state index in [4.69, 9.17) is 9.84 Å². The zero-order valence-electron chi connectivity index (χ0n) is 13.7. The first-order valence-corrected chi connectivity index (χ1v) is 8.13. The van der Waals surface area contributed by atoms with Crippen molar-refractivity contribution in [1.29, 1.82) is 0 Å². The molecule has 7 heteroatoms. The summed E-state index contributed by atoms with van der Waals surface area (Å²) in [7, 11) is 0. The zero-order chi connectivity index (χ0) is 17.6. The molecule has 0 spiro atoms. The smallest absolute Gasteiger partial charge is 0.335 e. The molecular weight excluding hydrogens is 325 g/mol. The third-order valence-electron chi connectivity index (χ3n) is 4.05. The van der Waals surface area contributed by atoms with Crippen LogP contribution in [-0.2, 0) is 17.8 Å². The van der Waals surface area contributed by atoms with Gasteiger partial charge in [0.05, 0.1) is 18.8 Å². The zero-order valence-corrected chi connectivity index (χ0v) is 13.7. The van der Waals surface area contributed by atoms with Crippen molar-refractivity contribution in [2.75, 3.05) is 31.2 Å². The Morgan fingerprint density at radius 1 is 1.20 bits per heavy atom. The highest BCUT2D eigenvalue weighted by atomic mass is 19.1.